The lowest BCUT2D eigenvalue weighted by atomic mass is 10.5. The number of hydrogen-bond donors (Lipinski definition) is 0. The van der Waals surface area contributed by atoms with Gasteiger partial charge in [-0.1, -0.05) is 25.4 Å². The molecule has 74 valence electrons. The second-order valence-corrected chi connectivity index (χ2v) is 2.51. The Morgan fingerprint density at radius 3 is 2.71 bits per heavy atom. The first kappa shape index (κ1) is 10.7. The van der Waals surface area contributed by atoms with Crippen LogP contribution in [0.1, 0.15) is 13.8 Å². The molecule has 2 heterocycles. The van der Waals surface area contributed by atoms with Crippen LogP contribution >= 0.6 is 11.6 Å². The monoisotopic (exact) mass is 210 g/mol. The Labute approximate surface area is 87.6 Å². The predicted octanol–water partition coefficient (Wildman–Crippen LogP) is 2.34. The Balaban J connectivity index is 0.000000461. The zero-order valence-electron chi connectivity index (χ0n) is 8.05. The van der Waals surface area contributed by atoms with Crippen molar-refractivity contribution in [1.29, 1.82) is 0 Å². The Morgan fingerprint density at radius 1 is 1.36 bits per heavy atom. The average molecular weight is 211 g/mol. The van der Waals surface area contributed by atoms with E-state index >= 15 is 0 Å². The highest BCUT2D eigenvalue weighted by Crippen LogP contribution is 2.13. The summed E-state index contributed by atoms with van der Waals surface area (Å²) in [6.45, 7) is 4.00. The maximum Gasteiger partial charge on any atom is 0.158 e. The fourth-order valence-electron chi connectivity index (χ4n) is 0.872. The van der Waals surface area contributed by atoms with Gasteiger partial charge in [0.1, 0.15) is 12.0 Å². The summed E-state index contributed by atoms with van der Waals surface area (Å²) in [5.74, 6) is 0. The van der Waals surface area contributed by atoms with Crippen LogP contribution in [0.2, 0.25) is 5.15 Å². The van der Waals surface area contributed by atoms with Crippen LogP contribution in [0, 0.1) is 0 Å². The van der Waals surface area contributed by atoms with Crippen molar-refractivity contribution in [3.63, 3.8) is 0 Å². The predicted molar refractivity (Wildman–Crippen MR) is 55.5 cm³/mol. The summed E-state index contributed by atoms with van der Waals surface area (Å²) in [6.07, 6.45) is 6.46. The van der Waals surface area contributed by atoms with E-state index in [1.165, 1.54) is 6.33 Å². The van der Waals surface area contributed by atoms with Crippen molar-refractivity contribution in [2.24, 2.45) is 0 Å². The summed E-state index contributed by atoms with van der Waals surface area (Å²) in [5, 5.41) is 4.40. The van der Waals surface area contributed by atoms with Crippen LogP contribution in [0.15, 0.2) is 31.0 Å². The average Bonchev–Trinajstić information content (AvgIpc) is 2.75. The van der Waals surface area contributed by atoms with Gasteiger partial charge in [0, 0.05) is 12.4 Å². The lowest BCUT2D eigenvalue weighted by Gasteiger charge is -2.00. The quantitative estimate of drug-likeness (QED) is 0.679. The van der Waals surface area contributed by atoms with Crippen molar-refractivity contribution in [1.82, 2.24) is 19.7 Å². The van der Waals surface area contributed by atoms with Gasteiger partial charge < -0.3 is 0 Å². The third-order valence-electron chi connectivity index (χ3n) is 1.40. The fourth-order valence-corrected chi connectivity index (χ4v) is 1.05. The molecule has 0 aliphatic rings. The summed E-state index contributed by atoms with van der Waals surface area (Å²) >= 11 is 5.80. The standard InChI is InChI=1S/C7H5ClN4.C2H6/c8-7-6(4-9-5-10-7)12-3-1-2-11-12;1-2/h1-5H;1-2H3. The number of aromatic nitrogens is 4. The van der Waals surface area contributed by atoms with Gasteiger partial charge in [0.2, 0.25) is 0 Å². The molecular formula is C9H11ClN4. The van der Waals surface area contributed by atoms with Crippen molar-refractivity contribution < 1.29 is 0 Å². The first-order valence-corrected chi connectivity index (χ1v) is 4.71. The third-order valence-corrected chi connectivity index (χ3v) is 1.69. The normalized spacial score (nSPS) is 9.07. The topological polar surface area (TPSA) is 43.6 Å². The van der Waals surface area contributed by atoms with Crippen LogP contribution in [0.3, 0.4) is 0 Å². The molecule has 0 fully saturated rings. The molecule has 2 aromatic rings. The van der Waals surface area contributed by atoms with E-state index in [-0.39, 0.29) is 0 Å². The molecule has 5 heteroatoms. The third kappa shape index (κ3) is 2.29. The van der Waals surface area contributed by atoms with Gasteiger partial charge in [0.05, 0.1) is 6.20 Å². The SMILES string of the molecule is CC.Clc1ncncc1-n1cccn1. The van der Waals surface area contributed by atoms with E-state index in [0.717, 1.165) is 0 Å². The van der Waals surface area contributed by atoms with E-state index in [1.807, 2.05) is 19.9 Å². The van der Waals surface area contributed by atoms with Crippen molar-refractivity contribution in [2.45, 2.75) is 13.8 Å². The molecular weight excluding hydrogens is 200 g/mol. The summed E-state index contributed by atoms with van der Waals surface area (Å²) in [7, 11) is 0. The molecule has 0 bridgehead atoms. The Hall–Kier alpha value is -1.42. The molecule has 0 N–H and O–H groups in total. The number of rotatable bonds is 1. The van der Waals surface area contributed by atoms with Gasteiger partial charge in [0.15, 0.2) is 5.15 Å². The summed E-state index contributed by atoms with van der Waals surface area (Å²) in [5.41, 5.74) is 0.684. The maximum absolute atomic E-state index is 5.80. The zero-order chi connectivity index (χ0) is 10.4. The van der Waals surface area contributed by atoms with Crippen LogP contribution < -0.4 is 0 Å². The minimum atomic E-state index is 0.397. The molecule has 0 spiro atoms. The van der Waals surface area contributed by atoms with E-state index in [2.05, 4.69) is 15.1 Å². The van der Waals surface area contributed by atoms with Crippen LogP contribution in [0.25, 0.3) is 5.69 Å². The zero-order valence-corrected chi connectivity index (χ0v) is 8.81. The molecule has 14 heavy (non-hydrogen) atoms. The Bertz CT molecular complexity index is 372. The van der Waals surface area contributed by atoms with Crippen molar-refractivity contribution in [3.8, 4) is 5.69 Å². The van der Waals surface area contributed by atoms with E-state index in [1.54, 1.807) is 23.3 Å². The van der Waals surface area contributed by atoms with Gasteiger partial charge in [-0.05, 0) is 6.07 Å². The lowest BCUT2D eigenvalue weighted by Crippen LogP contribution is -1.97. The summed E-state index contributed by atoms with van der Waals surface area (Å²) in [4.78, 5) is 7.67. The number of nitrogens with zero attached hydrogens (tertiary/aromatic N) is 4. The van der Waals surface area contributed by atoms with Gasteiger partial charge >= 0.3 is 0 Å². The fraction of sp³-hybridized carbons (Fsp3) is 0.222. The first-order valence-electron chi connectivity index (χ1n) is 4.33. The van der Waals surface area contributed by atoms with Gasteiger partial charge in [-0.2, -0.15) is 5.10 Å². The largest absolute Gasteiger partial charge is 0.242 e. The highest BCUT2D eigenvalue weighted by molar-refractivity contribution is 6.31. The van der Waals surface area contributed by atoms with Crippen molar-refractivity contribution in [2.75, 3.05) is 0 Å². The lowest BCUT2D eigenvalue weighted by molar-refractivity contribution is 0.864. The molecule has 0 saturated heterocycles. The molecule has 0 aliphatic heterocycles. The molecule has 4 nitrogen and oxygen atoms in total. The van der Waals surface area contributed by atoms with Crippen molar-refractivity contribution in [3.05, 3.63) is 36.1 Å². The summed E-state index contributed by atoms with van der Waals surface area (Å²) in [6, 6.07) is 1.81. The minimum absolute atomic E-state index is 0.397. The second-order valence-electron chi connectivity index (χ2n) is 2.15. The molecule has 0 saturated carbocycles. The van der Waals surface area contributed by atoms with E-state index in [9.17, 15) is 0 Å². The Kier molecular flexibility index (Phi) is 4.07. The van der Waals surface area contributed by atoms with Crippen molar-refractivity contribution >= 4 is 11.6 Å². The smallest absolute Gasteiger partial charge is 0.158 e. The van der Waals surface area contributed by atoms with E-state index < -0.39 is 0 Å². The molecule has 2 aromatic heterocycles. The van der Waals surface area contributed by atoms with Crippen LogP contribution in [0.5, 0.6) is 0 Å². The highest BCUT2D eigenvalue weighted by Gasteiger charge is 2.01. The van der Waals surface area contributed by atoms with Crippen LogP contribution in [-0.2, 0) is 0 Å². The molecule has 0 amide bonds. The Morgan fingerprint density at radius 2 is 2.14 bits per heavy atom. The molecule has 0 aromatic carbocycles. The molecule has 0 atom stereocenters. The van der Waals surface area contributed by atoms with Gasteiger partial charge in [-0.15, -0.1) is 0 Å². The van der Waals surface area contributed by atoms with Gasteiger partial charge in [-0.25, -0.2) is 14.6 Å². The molecule has 0 aliphatic carbocycles. The van der Waals surface area contributed by atoms with Crippen LogP contribution in [-0.4, -0.2) is 19.7 Å². The van der Waals surface area contributed by atoms with Crippen LogP contribution in [0.4, 0.5) is 0 Å². The minimum Gasteiger partial charge on any atom is -0.242 e. The second kappa shape index (κ2) is 5.34. The van der Waals surface area contributed by atoms with E-state index in [0.29, 0.717) is 10.8 Å². The molecule has 2 rings (SSSR count). The molecule has 0 radical (unpaired) electrons. The van der Waals surface area contributed by atoms with Gasteiger partial charge in [0.25, 0.3) is 0 Å². The first-order chi connectivity index (χ1) is 6.88. The molecule has 0 unspecified atom stereocenters. The highest BCUT2D eigenvalue weighted by atomic mass is 35.5. The summed E-state index contributed by atoms with van der Waals surface area (Å²) < 4.78 is 1.61. The maximum atomic E-state index is 5.80. The van der Waals surface area contributed by atoms with Gasteiger partial charge in [-0.3, -0.25) is 0 Å². The van der Waals surface area contributed by atoms with E-state index in [4.69, 9.17) is 11.6 Å². The number of hydrogen-bond acceptors (Lipinski definition) is 3. The number of halogens is 1.